The van der Waals surface area contributed by atoms with Gasteiger partial charge in [-0.3, -0.25) is 4.79 Å². The van der Waals surface area contributed by atoms with Crippen LogP contribution in [0.2, 0.25) is 5.02 Å². The number of fused-ring (bicyclic) bond motifs is 1. The molecule has 0 fully saturated rings. The van der Waals surface area contributed by atoms with Crippen molar-refractivity contribution in [3.63, 3.8) is 0 Å². The number of hydrogen-bond acceptors (Lipinski definition) is 8. The van der Waals surface area contributed by atoms with Crippen LogP contribution in [-0.4, -0.2) is 24.5 Å². The SMILES string of the molecule is Cc1cc2c(cc1-c1nnc(C(C)C#N)o1)N(Cc1ccc(Cl)cc1)C(=O)C(N)=CS2(=O)=O. The second-order valence-corrected chi connectivity index (χ2v) is 9.77. The second kappa shape index (κ2) is 8.35. The summed E-state index contributed by atoms with van der Waals surface area (Å²) in [4.78, 5) is 14.3. The van der Waals surface area contributed by atoms with Gasteiger partial charge in [0.05, 0.1) is 28.6 Å². The molecule has 2 heterocycles. The predicted molar refractivity (Wildman–Crippen MR) is 121 cm³/mol. The zero-order valence-corrected chi connectivity index (χ0v) is 19.2. The van der Waals surface area contributed by atoms with Crippen molar-refractivity contribution >= 4 is 33.0 Å². The Bertz CT molecular complexity index is 1440. The molecule has 2 N–H and O–H groups in total. The fourth-order valence-electron chi connectivity index (χ4n) is 3.39. The maximum atomic E-state index is 13.1. The van der Waals surface area contributed by atoms with Crippen LogP contribution < -0.4 is 10.6 Å². The number of amides is 1. The first-order valence-corrected chi connectivity index (χ1v) is 11.7. The Kier molecular flexibility index (Phi) is 5.69. The number of rotatable bonds is 4. The third-order valence-corrected chi connectivity index (χ3v) is 6.92. The second-order valence-electron chi connectivity index (χ2n) is 7.57. The van der Waals surface area contributed by atoms with Gasteiger partial charge in [-0.1, -0.05) is 23.7 Å². The highest BCUT2D eigenvalue weighted by molar-refractivity contribution is 7.94. The molecule has 3 aromatic rings. The lowest BCUT2D eigenvalue weighted by Crippen LogP contribution is -2.33. The summed E-state index contributed by atoms with van der Waals surface area (Å²) in [6.45, 7) is 3.36. The highest BCUT2D eigenvalue weighted by Crippen LogP contribution is 2.38. The van der Waals surface area contributed by atoms with Crippen molar-refractivity contribution in [1.29, 1.82) is 5.26 Å². The molecule has 1 atom stereocenters. The zero-order chi connectivity index (χ0) is 23.9. The molecule has 0 bridgehead atoms. The van der Waals surface area contributed by atoms with Crippen molar-refractivity contribution in [3.8, 4) is 17.5 Å². The van der Waals surface area contributed by atoms with Crippen LogP contribution in [-0.2, 0) is 21.2 Å². The van der Waals surface area contributed by atoms with E-state index >= 15 is 0 Å². The number of halogens is 1. The Morgan fingerprint density at radius 2 is 1.94 bits per heavy atom. The van der Waals surface area contributed by atoms with Gasteiger partial charge in [-0.2, -0.15) is 5.26 Å². The fourth-order valence-corrected chi connectivity index (χ4v) is 4.88. The van der Waals surface area contributed by atoms with Crippen LogP contribution in [0, 0.1) is 18.3 Å². The van der Waals surface area contributed by atoms with Gasteiger partial charge in [0.2, 0.25) is 21.6 Å². The standard InChI is InChI=1S/C22H18ClN5O4S/c1-12-7-19-18(8-16(12)21-27-26-20(32-21)13(2)9-24)28(10-14-3-5-15(23)6-4-14)22(29)17(25)11-33(19,30)31/h3-8,11,13H,10,25H2,1-2H3. The summed E-state index contributed by atoms with van der Waals surface area (Å²) in [6.07, 6.45) is 0. The van der Waals surface area contributed by atoms with Crippen LogP contribution in [0.15, 0.2) is 56.8 Å². The molecule has 0 aliphatic carbocycles. The lowest BCUT2D eigenvalue weighted by molar-refractivity contribution is -0.115. The van der Waals surface area contributed by atoms with Gasteiger partial charge >= 0.3 is 0 Å². The highest BCUT2D eigenvalue weighted by atomic mass is 35.5. The van der Waals surface area contributed by atoms with Gasteiger partial charge < -0.3 is 15.1 Å². The maximum absolute atomic E-state index is 13.1. The predicted octanol–water partition coefficient (Wildman–Crippen LogP) is 3.45. The summed E-state index contributed by atoms with van der Waals surface area (Å²) in [5, 5.41) is 18.3. The van der Waals surface area contributed by atoms with Crippen LogP contribution in [0.1, 0.15) is 29.9 Å². The monoisotopic (exact) mass is 483 g/mol. The topological polar surface area (TPSA) is 143 Å². The first-order valence-electron chi connectivity index (χ1n) is 9.77. The summed E-state index contributed by atoms with van der Waals surface area (Å²) < 4.78 is 31.6. The molecular weight excluding hydrogens is 466 g/mol. The number of anilines is 1. The van der Waals surface area contributed by atoms with E-state index in [2.05, 4.69) is 10.2 Å². The molecule has 9 nitrogen and oxygen atoms in total. The summed E-state index contributed by atoms with van der Waals surface area (Å²) in [7, 11) is -4.01. The average Bonchev–Trinajstić information content (AvgIpc) is 3.25. The number of carbonyl (C=O) groups excluding carboxylic acids is 1. The Morgan fingerprint density at radius 3 is 2.61 bits per heavy atom. The zero-order valence-electron chi connectivity index (χ0n) is 17.6. The number of sulfone groups is 1. The first-order chi connectivity index (χ1) is 15.6. The molecule has 0 spiro atoms. The Morgan fingerprint density at radius 1 is 1.24 bits per heavy atom. The molecular formula is C22H18ClN5O4S. The lowest BCUT2D eigenvalue weighted by Gasteiger charge is -2.24. The number of nitrogens with zero attached hydrogens (tertiary/aromatic N) is 4. The molecule has 1 unspecified atom stereocenters. The number of nitrogens with two attached hydrogens (primary N) is 1. The van der Waals surface area contributed by atoms with Crippen molar-refractivity contribution in [3.05, 3.63) is 69.5 Å². The minimum atomic E-state index is -4.01. The Hall–Kier alpha value is -3.68. The van der Waals surface area contributed by atoms with E-state index in [1.807, 2.05) is 6.07 Å². The summed E-state index contributed by atoms with van der Waals surface area (Å²) >= 11 is 5.96. The highest BCUT2D eigenvalue weighted by Gasteiger charge is 2.32. The van der Waals surface area contributed by atoms with Crippen molar-refractivity contribution in [2.75, 3.05) is 4.90 Å². The molecule has 33 heavy (non-hydrogen) atoms. The largest absolute Gasteiger partial charge is 0.419 e. The van der Waals surface area contributed by atoms with E-state index in [0.29, 0.717) is 16.1 Å². The van der Waals surface area contributed by atoms with Crippen LogP contribution in [0.3, 0.4) is 0 Å². The lowest BCUT2D eigenvalue weighted by atomic mass is 10.1. The van der Waals surface area contributed by atoms with E-state index in [1.165, 1.54) is 17.0 Å². The average molecular weight is 484 g/mol. The van der Waals surface area contributed by atoms with Gasteiger partial charge in [0.15, 0.2) is 0 Å². The molecule has 11 heteroatoms. The van der Waals surface area contributed by atoms with E-state index in [9.17, 15) is 13.2 Å². The van der Waals surface area contributed by atoms with Gasteiger partial charge in [0.25, 0.3) is 5.91 Å². The van der Waals surface area contributed by atoms with E-state index in [1.54, 1.807) is 38.1 Å². The molecule has 0 saturated carbocycles. The molecule has 4 rings (SSSR count). The van der Waals surface area contributed by atoms with Gasteiger partial charge in [0.1, 0.15) is 11.6 Å². The number of hydrogen-bond donors (Lipinski definition) is 1. The van der Waals surface area contributed by atoms with Crippen molar-refractivity contribution in [2.24, 2.45) is 5.73 Å². The molecule has 0 radical (unpaired) electrons. The third kappa shape index (κ3) is 4.20. The summed E-state index contributed by atoms with van der Waals surface area (Å²) in [6, 6.07) is 11.8. The Labute approximate surface area is 195 Å². The molecule has 1 aliphatic rings. The summed E-state index contributed by atoms with van der Waals surface area (Å²) in [5.41, 5.74) is 7.25. The van der Waals surface area contributed by atoms with Crippen LogP contribution in [0.5, 0.6) is 0 Å². The van der Waals surface area contributed by atoms with Gasteiger partial charge in [-0.05, 0) is 49.2 Å². The maximum Gasteiger partial charge on any atom is 0.275 e. The minimum Gasteiger partial charge on any atom is -0.419 e. The number of benzene rings is 2. The Balaban J connectivity index is 1.90. The van der Waals surface area contributed by atoms with E-state index in [-0.39, 0.29) is 28.9 Å². The van der Waals surface area contributed by atoms with Crippen molar-refractivity contribution < 1.29 is 17.6 Å². The fraction of sp³-hybridized carbons (Fsp3) is 0.182. The smallest absolute Gasteiger partial charge is 0.275 e. The van der Waals surface area contributed by atoms with Gasteiger partial charge in [0, 0.05) is 10.6 Å². The van der Waals surface area contributed by atoms with E-state index < -0.39 is 27.4 Å². The van der Waals surface area contributed by atoms with Crippen LogP contribution in [0.4, 0.5) is 5.69 Å². The molecule has 1 amide bonds. The van der Waals surface area contributed by atoms with Gasteiger partial charge in [-0.15, -0.1) is 10.2 Å². The van der Waals surface area contributed by atoms with E-state index in [0.717, 1.165) is 11.0 Å². The van der Waals surface area contributed by atoms with E-state index in [4.69, 9.17) is 27.0 Å². The number of nitriles is 1. The summed E-state index contributed by atoms with van der Waals surface area (Å²) in [5.74, 6) is -1.03. The van der Waals surface area contributed by atoms with Crippen LogP contribution in [0.25, 0.3) is 11.5 Å². The minimum absolute atomic E-state index is 0.0517. The molecule has 1 aliphatic heterocycles. The van der Waals surface area contributed by atoms with Gasteiger partial charge in [-0.25, -0.2) is 8.42 Å². The van der Waals surface area contributed by atoms with Crippen molar-refractivity contribution in [2.45, 2.75) is 31.2 Å². The molecule has 0 saturated heterocycles. The number of carbonyl (C=O) groups is 1. The molecule has 2 aromatic carbocycles. The van der Waals surface area contributed by atoms with Crippen LogP contribution >= 0.6 is 11.6 Å². The van der Waals surface area contributed by atoms with Crippen molar-refractivity contribution in [1.82, 2.24) is 10.2 Å². The third-order valence-electron chi connectivity index (χ3n) is 5.17. The number of aryl methyl sites for hydroxylation is 1. The quantitative estimate of drug-likeness (QED) is 0.594. The normalized spacial score (nSPS) is 15.9. The molecule has 1 aromatic heterocycles. The first kappa shape index (κ1) is 22.5. The number of aromatic nitrogens is 2. The molecule has 168 valence electrons.